The van der Waals surface area contributed by atoms with Gasteiger partial charge in [-0.2, -0.15) is 0 Å². The van der Waals surface area contributed by atoms with Gasteiger partial charge >= 0.3 is 0 Å². The molecular weight excluding hydrogens is 256 g/mol. The van der Waals surface area contributed by atoms with Crippen molar-refractivity contribution < 1.29 is 14.4 Å². The van der Waals surface area contributed by atoms with Crippen LogP contribution in [0.1, 0.15) is 25.3 Å². The molecule has 20 heavy (non-hydrogen) atoms. The minimum Gasteiger partial charge on any atom is -0.307 e. The molecule has 104 valence electrons. The summed E-state index contributed by atoms with van der Waals surface area (Å²) in [6, 6.07) is 7.82. The molecule has 1 aromatic carbocycles. The third-order valence-corrected chi connectivity index (χ3v) is 3.92. The van der Waals surface area contributed by atoms with Crippen LogP contribution < -0.4 is 4.90 Å². The lowest BCUT2D eigenvalue weighted by molar-refractivity contribution is -0.141. The number of hydrogen-bond donors (Lipinski definition) is 0. The van der Waals surface area contributed by atoms with Gasteiger partial charge in [0, 0.05) is 24.6 Å². The fourth-order valence-electron chi connectivity index (χ4n) is 2.96. The van der Waals surface area contributed by atoms with E-state index in [1.54, 1.807) is 4.90 Å². The molecule has 1 fully saturated rings. The Hall–Kier alpha value is -2.17. The average Bonchev–Trinajstić information content (AvgIpc) is 2.91. The molecule has 1 saturated heterocycles. The van der Waals surface area contributed by atoms with E-state index in [2.05, 4.69) is 0 Å². The van der Waals surface area contributed by atoms with E-state index in [9.17, 15) is 14.4 Å². The highest BCUT2D eigenvalue weighted by Crippen LogP contribution is 2.32. The molecule has 1 unspecified atom stereocenters. The molecule has 2 heterocycles. The number of hydrogen-bond acceptors (Lipinski definition) is 3. The first-order chi connectivity index (χ1) is 9.58. The summed E-state index contributed by atoms with van der Waals surface area (Å²) in [5, 5.41) is 0. The van der Waals surface area contributed by atoms with Gasteiger partial charge in [-0.1, -0.05) is 18.2 Å². The van der Waals surface area contributed by atoms with Crippen LogP contribution in [0.5, 0.6) is 0 Å². The average molecular weight is 272 g/mol. The predicted molar refractivity (Wildman–Crippen MR) is 73.0 cm³/mol. The predicted octanol–water partition coefficient (Wildman–Crippen LogP) is 1.11. The van der Waals surface area contributed by atoms with Crippen molar-refractivity contribution in [3.8, 4) is 0 Å². The van der Waals surface area contributed by atoms with E-state index in [1.165, 1.54) is 0 Å². The second-order valence-electron chi connectivity index (χ2n) is 5.32. The van der Waals surface area contributed by atoms with Crippen molar-refractivity contribution in [2.45, 2.75) is 32.2 Å². The molecule has 0 radical (unpaired) electrons. The van der Waals surface area contributed by atoms with Gasteiger partial charge in [-0.05, 0) is 25.0 Å². The maximum Gasteiger partial charge on any atom is 0.247 e. The topological polar surface area (TPSA) is 57.7 Å². The van der Waals surface area contributed by atoms with Crippen LogP contribution in [0.15, 0.2) is 24.3 Å². The molecule has 0 saturated carbocycles. The van der Waals surface area contributed by atoms with Crippen molar-refractivity contribution in [1.82, 2.24) is 4.90 Å². The van der Waals surface area contributed by atoms with E-state index in [4.69, 9.17) is 0 Å². The van der Waals surface area contributed by atoms with Crippen LogP contribution in [-0.4, -0.2) is 35.2 Å². The summed E-state index contributed by atoms with van der Waals surface area (Å²) in [6.07, 6.45) is 1.25. The van der Waals surface area contributed by atoms with Gasteiger partial charge in [0.15, 0.2) is 0 Å². The maximum absolute atomic E-state index is 12.4. The number of likely N-dealkylation sites (tertiary alicyclic amines) is 1. The zero-order valence-electron chi connectivity index (χ0n) is 11.3. The van der Waals surface area contributed by atoms with Crippen LogP contribution in [0.2, 0.25) is 0 Å². The summed E-state index contributed by atoms with van der Waals surface area (Å²) in [4.78, 5) is 38.4. The standard InChI is InChI=1S/C15H16N2O3/c1-10-8-11-4-2-3-5-12(11)17(10)15(20)9-16-13(18)6-7-14(16)19/h2-5,10H,6-9H2,1H3. The van der Waals surface area contributed by atoms with Gasteiger partial charge in [0.05, 0.1) is 0 Å². The third kappa shape index (κ3) is 1.99. The normalized spacial score (nSPS) is 21.6. The Labute approximate surface area is 117 Å². The van der Waals surface area contributed by atoms with Gasteiger partial charge in [-0.15, -0.1) is 0 Å². The van der Waals surface area contributed by atoms with E-state index in [0.717, 1.165) is 22.6 Å². The molecule has 0 aromatic heterocycles. The summed E-state index contributed by atoms with van der Waals surface area (Å²) >= 11 is 0. The Morgan fingerprint density at radius 1 is 1.20 bits per heavy atom. The lowest BCUT2D eigenvalue weighted by Gasteiger charge is -2.25. The van der Waals surface area contributed by atoms with Gasteiger partial charge < -0.3 is 4.90 Å². The second-order valence-corrected chi connectivity index (χ2v) is 5.32. The summed E-state index contributed by atoms with van der Waals surface area (Å²) in [5.41, 5.74) is 2.02. The van der Waals surface area contributed by atoms with Crippen LogP contribution in [0.25, 0.3) is 0 Å². The van der Waals surface area contributed by atoms with Crippen molar-refractivity contribution in [2.24, 2.45) is 0 Å². The molecular formula is C15H16N2O3. The van der Waals surface area contributed by atoms with Crippen molar-refractivity contribution in [3.05, 3.63) is 29.8 Å². The van der Waals surface area contributed by atoms with Crippen LogP contribution >= 0.6 is 0 Å². The second kappa shape index (κ2) is 4.74. The molecule has 0 aliphatic carbocycles. The Morgan fingerprint density at radius 2 is 1.85 bits per heavy atom. The lowest BCUT2D eigenvalue weighted by atomic mass is 10.1. The fourth-order valence-corrected chi connectivity index (χ4v) is 2.96. The highest BCUT2D eigenvalue weighted by atomic mass is 16.2. The number of nitrogens with zero attached hydrogens (tertiary/aromatic N) is 2. The molecule has 3 rings (SSSR count). The maximum atomic E-state index is 12.4. The molecule has 0 N–H and O–H groups in total. The molecule has 0 spiro atoms. The quantitative estimate of drug-likeness (QED) is 0.758. The first-order valence-corrected chi connectivity index (χ1v) is 6.81. The zero-order chi connectivity index (χ0) is 14.3. The number of carbonyl (C=O) groups excluding carboxylic acids is 3. The van der Waals surface area contributed by atoms with Crippen molar-refractivity contribution in [1.29, 1.82) is 0 Å². The largest absolute Gasteiger partial charge is 0.307 e. The van der Waals surface area contributed by atoms with E-state index in [1.807, 2.05) is 31.2 Å². The van der Waals surface area contributed by atoms with E-state index in [-0.39, 0.29) is 43.1 Å². The van der Waals surface area contributed by atoms with Gasteiger partial charge in [-0.25, -0.2) is 0 Å². The monoisotopic (exact) mass is 272 g/mol. The summed E-state index contributed by atoms with van der Waals surface area (Å²) < 4.78 is 0. The molecule has 1 aromatic rings. The molecule has 2 aliphatic heterocycles. The van der Waals surface area contributed by atoms with Gasteiger partial charge in [-0.3, -0.25) is 19.3 Å². The number of fused-ring (bicyclic) bond motifs is 1. The first kappa shape index (κ1) is 12.8. The number of para-hydroxylation sites is 1. The lowest BCUT2D eigenvalue weighted by Crippen LogP contribution is -2.44. The molecule has 1 atom stereocenters. The first-order valence-electron chi connectivity index (χ1n) is 6.81. The Kier molecular flexibility index (Phi) is 3.04. The summed E-state index contributed by atoms with van der Waals surface area (Å²) in [5.74, 6) is -0.682. The number of amides is 3. The number of rotatable bonds is 2. The minimum absolute atomic E-state index is 0.0627. The fraction of sp³-hybridized carbons (Fsp3) is 0.400. The molecule has 5 nitrogen and oxygen atoms in total. The Bertz CT molecular complexity index is 581. The zero-order valence-corrected chi connectivity index (χ0v) is 11.3. The van der Waals surface area contributed by atoms with Crippen molar-refractivity contribution in [2.75, 3.05) is 11.4 Å². The Balaban J connectivity index is 1.81. The number of benzene rings is 1. The van der Waals surface area contributed by atoms with E-state index >= 15 is 0 Å². The highest BCUT2D eigenvalue weighted by Gasteiger charge is 2.35. The van der Waals surface area contributed by atoms with Gasteiger partial charge in [0.1, 0.15) is 6.54 Å². The SMILES string of the molecule is CC1Cc2ccccc2N1C(=O)CN1C(=O)CCC1=O. The minimum atomic E-state index is -0.247. The summed E-state index contributed by atoms with van der Waals surface area (Å²) in [6.45, 7) is 1.84. The van der Waals surface area contributed by atoms with Crippen LogP contribution in [-0.2, 0) is 20.8 Å². The number of carbonyl (C=O) groups is 3. The molecule has 2 aliphatic rings. The van der Waals surface area contributed by atoms with Crippen LogP contribution in [0.3, 0.4) is 0 Å². The summed E-state index contributed by atoms with van der Waals surface area (Å²) in [7, 11) is 0. The van der Waals surface area contributed by atoms with Crippen LogP contribution in [0, 0.1) is 0 Å². The number of anilines is 1. The van der Waals surface area contributed by atoms with Gasteiger partial charge in [0.2, 0.25) is 17.7 Å². The molecule has 0 bridgehead atoms. The van der Waals surface area contributed by atoms with E-state index in [0.29, 0.717) is 0 Å². The van der Waals surface area contributed by atoms with Crippen molar-refractivity contribution >= 4 is 23.4 Å². The third-order valence-electron chi connectivity index (χ3n) is 3.92. The smallest absolute Gasteiger partial charge is 0.247 e. The van der Waals surface area contributed by atoms with Gasteiger partial charge in [0.25, 0.3) is 0 Å². The van der Waals surface area contributed by atoms with E-state index < -0.39 is 0 Å². The highest BCUT2D eigenvalue weighted by molar-refractivity contribution is 6.07. The molecule has 5 heteroatoms. The molecule has 3 amide bonds. The van der Waals surface area contributed by atoms with Crippen molar-refractivity contribution in [3.63, 3.8) is 0 Å². The van der Waals surface area contributed by atoms with Crippen LogP contribution in [0.4, 0.5) is 5.69 Å². The number of imide groups is 1. The Morgan fingerprint density at radius 3 is 2.55 bits per heavy atom.